The zero-order valence-corrected chi connectivity index (χ0v) is 9.71. The zero-order valence-electron chi connectivity index (χ0n) is 8.95. The van der Waals surface area contributed by atoms with Crippen molar-refractivity contribution in [2.24, 2.45) is 7.05 Å². The maximum absolute atomic E-state index is 6.18. The third-order valence-electron chi connectivity index (χ3n) is 2.39. The van der Waals surface area contributed by atoms with Gasteiger partial charge in [-0.25, -0.2) is 0 Å². The summed E-state index contributed by atoms with van der Waals surface area (Å²) in [6, 6.07) is 5.83. The number of rotatable bonds is 1. The molecule has 0 unspecified atom stereocenters. The van der Waals surface area contributed by atoms with E-state index < -0.39 is 0 Å². The monoisotopic (exact) mass is 221 g/mol. The van der Waals surface area contributed by atoms with Crippen LogP contribution < -0.4 is 0 Å². The van der Waals surface area contributed by atoms with Gasteiger partial charge in [0, 0.05) is 12.7 Å². The minimum Gasteiger partial charge on any atom is -0.271 e. The van der Waals surface area contributed by atoms with E-state index in [-0.39, 0.29) is 0 Å². The summed E-state index contributed by atoms with van der Waals surface area (Å²) in [5, 5.41) is 5.02. The summed E-state index contributed by atoms with van der Waals surface area (Å²) in [7, 11) is 1.88. The first-order valence-electron chi connectivity index (χ1n) is 4.72. The van der Waals surface area contributed by atoms with E-state index in [2.05, 4.69) is 10.1 Å². The van der Waals surface area contributed by atoms with Crippen LogP contribution in [0, 0.1) is 13.8 Å². The van der Waals surface area contributed by atoms with Crippen molar-refractivity contribution in [3.8, 4) is 11.4 Å². The SMILES string of the molecule is Cc1cccc(-c2nn(C)c(C)c2Cl)n1. The molecule has 4 heteroatoms. The molecule has 78 valence electrons. The quantitative estimate of drug-likeness (QED) is 0.742. The van der Waals surface area contributed by atoms with Crippen molar-refractivity contribution in [2.75, 3.05) is 0 Å². The fourth-order valence-corrected chi connectivity index (χ4v) is 1.68. The van der Waals surface area contributed by atoms with Crippen LogP contribution in [0.2, 0.25) is 5.02 Å². The molecule has 2 rings (SSSR count). The molecular weight excluding hydrogens is 210 g/mol. The standard InChI is InChI=1S/C11H12ClN3/c1-7-5-4-6-9(13-7)11-10(12)8(2)15(3)14-11/h4-6H,1-3H3. The van der Waals surface area contributed by atoms with E-state index in [9.17, 15) is 0 Å². The molecule has 0 aliphatic carbocycles. The van der Waals surface area contributed by atoms with Crippen LogP contribution >= 0.6 is 11.6 Å². The van der Waals surface area contributed by atoms with Crippen LogP contribution in [0.3, 0.4) is 0 Å². The molecule has 0 fully saturated rings. The Morgan fingerprint density at radius 3 is 2.53 bits per heavy atom. The van der Waals surface area contributed by atoms with Crippen LogP contribution in [0.1, 0.15) is 11.4 Å². The van der Waals surface area contributed by atoms with E-state index in [1.807, 2.05) is 39.1 Å². The molecule has 3 nitrogen and oxygen atoms in total. The largest absolute Gasteiger partial charge is 0.271 e. The summed E-state index contributed by atoms with van der Waals surface area (Å²) in [4.78, 5) is 4.40. The molecular formula is C11H12ClN3. The lowest BCUT2D eigenvalue weighted by Crippen LogP contribution is -1.93. The van der Waals surface area contributed by atoms with Crippen LogP contribution in [-0.2, 0) is 7.05 Å². The van der Waals surface area contributed by atoms with Crippen molar-refractivity contribution in [1.82, 2.24) is 14.8 Å². The summed E-state index contributed by atoms with van der Waals surface area (Å²) in [5.74, 6) is 0. The number of halogens is 1. The van der Waals surface area contributed by atoms with Crippen LogP contribution in [0.15, 0.2) is 18.2 Å². The Hall–Kier alpha value is -1.35. The van der Waals surface area contributed by atoms with E-state index in [0.717, 1.165) is 22.8 Å². The van der Waals surface area contributed by atoms with Gasteiger partial charge >= 0.3 is 0 Å². The van der Waals surface area contributed by atoms with Gasteiger partial charge in [0.25, 0.3) is 0 Å². The highest BCUT2D eigenvalue weighted by atomic mass is 35.5. The molecule has 0 saturated carbocycles. The minimum atomic E-state index is 0.676. The van der Waals surface area contributed by atoms with Gasteiger partial charge in [-0.2, -0.15) is 5.10 Å². The van der Waals surface area contributed by atoms with Crippen LogP contribution in [0.25, 0.3) is 11.4 Å². The molecule has 0 atom stereocenters. The van der Waals surface area contributed by atoms with Crippen molar-refractivity contribution in [3.63, 3.8) is 0 Å². The lowest BCUT2D eigenvalue weighted by atomic mass is 10.2. The highest BCUT2D eigenvalue weighted by Gasteiger charge is 2.13. The molecule has 0 spiro atoms. The first kappa shape index (κ1) is 10.2. The number of aromatic nitrogens is 3. The van der Waals surface area contributed by atoms with E-state index in [4.69, 9.17) is 11.6 Å². The second kappa shape index (κ2) is 3.66. The lowest BCUT2D eigenvalue weighted by molar-refractivity contribution is 0.742. The molecule has 2 aromatic heterocycles. The van der Waals surface area contributed by atoms with Gasteiger partial charge in [0.1, 0.15) is 5.69 Å². The Morgan fingerprint density at radius 2 is 2.00 bits per heavy atom. The average molecular weight is 222 g/mol. The molecule has 0 amide bonds. The highest BCUT2D eigenvalue weighted by molar-refractivity contribution is 6.33. The number of pyridine rings is 1. The Balaban J connectivity index is 2.59. The summed E-state index contributed by atoms with van der Waals surface area (Å²) in [5.41, 5.74) is 3.49. The number of hydrogen-bond donors (Lipinski definition) is 0. The van der Waals surface area contributed by atoms with Crippen molar-refractivity contribution < 1.29 is 0 Å². The number of nitrogens with zero attached hydrogens (tertiary/aromatic N) is 3. The van der Waals surface area contributed by atoms with E-state index >= 15 is 0 Å². The van der Waals surface area contributed by atoms with Gasteiger partial charge in [-0.05, 0) is 26.0 Å². The van der Waals surface area contributed by atoms with Gasteiger partial charge in [0.15, 0.2) is 0 Å². The fourth-order valence-electron chi connectivity index (χ4n) is 1.42. The maximum atomic E-state index is 6.18. The lowest BCUT2D eigenvalue weighted by Gasteiger charge is -1.97. The van der Waals surface area contributed by atoms with E-state index in [1.165, 1.54) is 0 Å². The third kappa shape index (κ3) is 1.75. The van der Waals surface area contributed by atoms with Crippen molar-refractivity contribution >= 4 is 11.6 Å². The van der Waals surface area contributed by atoms with Crippen molar-refractivity contribution in [3.05, 3.63) is 34.6 Å². The molecule has 0 aromatic carbocycles. The molecule has 0 radical (unpaired) electrons. The summed E-state index contributed by atoms with van der Waals surface area (Å²) in [6.45, 7) is 3.89. The Morgan fingerprint density at radius 1 is 1.27 bits per heavy atom. The normalized spacial score (nSPS) is 10.7. The molecule has 2 heterocycles. The minimum absolute atomic E-state index is 0.676. The maximum Gasteiger partial charge on any atom is 0.130 e. The summed E-state index contributed by atoms with van der Waals surface area (Å²) >= 11 is 6.18. The van der Waals surface area contributed by atoms with Gasteiger partial charge in [-0.1, -0.05) is 17.7 Å². The van der Waals surface area contributed by atoms with Gasteiger partial charge in [0.2, 0.25) is 0 Å². The Kier molecular flexibility index (Phi) is 2.49. The van der Waals surface area contributed by atoms with Crippen molar-refractivity contribution in [2.45, 2.75) is 13.8 Å². The molecule has 15 heavy (non-hydrogen) atoms. The zero-order chi connectivity index (χ0) is 11.0. The Labute approximate surface area is 93.7 Å². The second-order valence-corrected chi connectivity index (χ2v) is 3.91. The predicted molar refractivity (Wildman–Crippen MR) is 60.9 cm³/mol. The first-order valence-corrected chi connectivity index (χ1v) is 5.10. The second-order valence-electron chi connectivity index (χ2n) is 3.54. The van der Waals surface area contributed by atoms with E-state index in [0.29, 0.717) is 5.02 Å². The van der Waals surface area contributed by atoms with Crippen LogP contribution in [-0.4, -0.2) is 14.8 Å². The number of aryl methyl sites for hydroxylation is 2. The average Bonchev–Trinajstić information content (AvgIpc) is 2.46. The molecule has 0 bridgehead atoms. The third-order valence-corrected chi connectivity index (χ3v) is 2.84. The number of hydrogen-bond acceptors (Lipinski definition) is 2. The molecule has 0 N–H and O–H groups in total. The summed E-state index contributed by atoms with van der Waals surface area (Å²) in [6.07, 6.45) is 0. The van der Waals surface area contributed by atoms with Crippen LogP contribution in [0.4, 0.5) is 0 Å². The fraction of sp³-hybridized carbons (Fsp3) is 0.273. The van der Waals surface area contributed by atoms with Gasteiger partial charge in [0.05, 0.1) is 16.4 Å². The van der Waals surface area contributed by atoms with Gasteiger partial charge in [-0.3, -0.25) is 9.67 Å². The smallest absolute Gasteiger partial charge is 0.130 e. The first-order chi connectivity index (χ1) is 7.09. The predicted octanol–water partition coefficient (Wildman–Crippen LogP) is 2.75. The van der Waals surface area contributed by atoms with Crippen molar-refractivity contribution in [1.29, 1.82) is 0 Å². The van der Waals surface area contributed by atoms with E-state index in [1.54, 1.807) is 4.68 Å². The highest BCUT2D eigenvalue weighted by Crippen LogP contribution is 2.27. The Bertz CT molecular complexity index is 503. The van der Waals surface area contributed by atoms with Gasteiger partial charge < -0.3 is 0 Å². The molecule has 0 aliphatic heterocycles. The van der Waals surface area contributed by atoms with Crippen LogP contribution in [0.5, 0.6) is 0 Å². The molecule has 0 aliphatic rings. The van der Waals surface area contributed by atoms with Gasteiger partial charge in [-0.15, -0.1) is 0 Å². The topological polar surface area (TPSA) is 30.7 Å². The summed E-state index contributed by atoms with van der Waals surface area (Å²) < 4.78 is 1.77. The molecule has 2 aromatic rings. The molecule has 0 saturated heterocycles.